The number of anilines is 1. The van der Waals surface area contributed by atoms with Crippen LogP contribution in [0, 0.1) is 0 Å². The average Bonchev–Trinajstić information content (AvgIpc) is 2.81. The number of likely N-dealkylation sites (tertiary alicyclic amines) is 1. The summed E-state index contributed by atoms with van der Waals surface area (Å²) < 4.78 is 6.13. The number of nitrogens with zero attached hydrogens (tertiary/aromatic N) is 1. The minimum atomic E-state index is -0.188. The Hall–Kier alpha value is -3.02. The van der Waals surface area contributed by atoms with Gasteiger partial charge in [-0.25, -0.2) is 4.79 Å². The zero-order valence-electron chi connectivity index (χ0n) is 18.0. The van der Waals surface area contributed by atoms with Crippen molar-refractivity contribution in [1.82, 2.24) is 10.2 Å². The van der Waals surface area contributed by atoms with Gasteiger partial charge in [-0.05, 0) is 42.7 Å². The molecule has 1 aliphatic rings. The molecule has 3 aromatic carbocycles. The minimum absolute atomic E-state index is 0.171. The lowest BCUT2D eigenvalue weighted by Crippen LogP contribution is -2.46. The SMILES string of the molecule is O=C(Nc1cccc(Cl)c1)NC1CCN(CCOc2ccccc2-c2ccccc2)CC1. The van der Waals surface area contributed by atoms with Gasteiger partial charge in [0, 0.05) is 41.9 Å². The molecule has 5 nitrogen and oxygen atoms in total. The predicted molar refractivity (Wildman–Crippen MR) is 130 cm³/mol. The molecule has 2 amide bonds. The Morgan fingerprint density at radius 2 is 1.72 bits per heavy atom. The van der Waals surface area contributed by atoms with Crippen LogP contribution in [0.15, 0.2) is 78.9 Å². The summed E-state index contributed by atoms with van der Waals surface area (Å²) in [5.74, 6) is 0.910. The molecule has 0 spiro atoms. The first-order chi connectivity index (χ1) is 15.7. The number of halogens is 1. The standard InChI is InChI=1S/C26H28ClN3O2/c27-21-9-6-10-23(19-21)29-26(31)28-22-13-15-30(16-14-22)17-18-32-25-12-5-4-11-24(25)20-7-2-1-3-8-20/h1-12,19,22H,13-18H2,(H2,28,29,31). The van der Waals surface area contributed by atoms with E-state index in [0.29, 0.717) is 17.3 Å². The van der Waals surface area contributed by atoms with Gasteiger partial charge in [0.15, 0.2) is 0 Å². The van der Waals surface area contributed by atoms with E-state index in [9.17, 15) is 4.79 Å². The van der Waals surface area contributed by atoms with Gasteiger partial charge in [0.25, 0.3) is 0 Å². The number of amides is 2. The van der Waals surface area contributed by atoms with E-state index in [2.05, 4.69) is 33.7 Å². The number of carbonyl (C=O) groups excluding carboxylic acids is 1. The maximum Gasteiger partial charge on any atom is 0.319 e. The van der Waals surface area contributed by atoms with Crippen LogP contribution in [0.5, 0.6) is 5.75 Å². The van der Waals surface area contributed by atoms with Gasteiger partial charge < -0.3 is 15.4 Å². The fourth-order valence-corrected chi connectivity index (χ4v) is 4.14. The van der Waals surface area contributed by atoms with Crippen molar-refractivity contribution >= 4 is 23.3 Å². The van der Waals surface area contributed by atoms with E-state index in [0.717, 1.165) is 49.4 Å². The minimum Gasteiger partial charge on any atom is -0.492 e. The summed E-state index contributed by atoms with van der Waals surface area (Å²) in [7, 11) is 0. The number of hydrogen-bond acceptors (Lipinski definition) is 3. The van der Waals surface area contributed by atoms with E-state index in [4.69, 9.17) is 16.3 Å². The van der Waals surface area contributed by atoms with Gasteiger partial charge in [-0.1, -0.05) is 66.2 Å². The van der Waals surface area contributed by atoms with Crippen molar-refractivity contribution in [3.63, 3.8) is 0 Å². The Morgan fingerprint density at radius 3 is 2.50 bits per heavy atom. The van der Waals surface area contributed by atoms with Crippen LogP contribution in [0.4, 0.5) is 10.5 Å². The molecule has 4 rings (SSSR count). The van der Waals surface area contributed by atoms with Gasteiger partial charge in [-0.2, -0.15) is 0 Å². The average molecular weight is 450 g/mol. The lowest BCUT2D eigenvalue weighted by molar-refractivity contribution is 0.166. The van der Waals surface area contributed by atoms with Crippen molar-refractivity contribution in [3.05, 3.63) is 83.9 Å². The molecule has 0 unspecified atom stereocenters. The van der Waals surface area contributed by atoms with Crippen LogP contribution in [-0.2, 0) is 0 Å². The van der Waals surface area contributed by atoms with Crippen LogP contribution in [0.1, 0.15) is 12.8 Å². The van der Waals surface area contributed by atoms with E-state index in [1.807, 2.05) is 48.5 Å². The van der Waals surface area contributed by atoms with Gasteiger partial charge in [-0.3, -0.25) is 4.90 Å². The van der Waals surface area contributed by atoms with Crippen LogP contribution in [0.3, 0.4) is 0 Å². The summed E-state index contributed by atoms with van der Waals surface area (Å²) >= 11 is 5.97. The Bertz CT molecular complexity index is 1020. The molecule has 0 atom stereocenters. The number of para-hydroxylation sites is 1. The fourth-order valence-electron chi connectivity index (χ4n) is 3.95. The highest BCUT2D eigenvalue weighted by molar-refractivity contribution is 6.30. The first kappa shape index (κ1) is 22.2. The Balaban J connectivity index is 1.20. The molecule has 6 heteroatoms. The summed E-state index contributed by atoms with van der Waals surface area (Å²) in [5, 5.41) is 6.51. The second-order valence-electron chi connectivity index (χ2n) is 7.94. The lowest BCUT2D eigenvalue weighted by atomic mass is 10.0. The van der Waals surface area contributed by atoms with Crippen molar-refractivity contribution in [2.24, 2.45) is 0 Å². The molecule has 1 heterocycles. The van der Waals surface area contributed by atoms with Crippen LogP contribution in [0.2, 0.25) is 5.02 Å². The summed E-state index contributed by atoms with van der Waals surface area (Å²) in [4.78, 5) is 14.6. The predicted octanol–water partition coefficient (Wildman–Crippen LogP) is 5.67. The van der Waals surface area contributed by atoms with Gasteiger partial charge in [-0.15, -0.1) is 0 Å². The molecular formula is C26H28ClN3O2. The Morgan fingerprint density at radius 1 is 0.969 bits per heavy atom. The molecule has 1 fully saturated rings. The maximum atomic E-state index is 12.3. The normalized spacial score (nSPS) is 14.7. The van der Waals surface area contributed by atoms with Gasteiger partial charge >= 0.3 is 6.03 Å². The molecule has 1 aliphatic heterocycles. The fraction of sp³-hybridized carbons (Fsp3) is 0.269. The van der Waals surface area contributed by atoms with Crippen LogP contribution in [-0.4, -0.2) is 43.2 Å². The van der Waals surface area contributed by atoms with Gasteiger partial charge in [0.1, 0.15) is 12.4 Å². The molecule has 1 saturated heterocycles. The molecule has 0 aliphatic carbocycles. The lowest BCUT2D eigenvalue weighted by Gasteiger charge is -2.32. The number of carbonyl (C=O) groups is 1. The summed E-state index contributed by atoms with van der Waals surface area (Å²) in [6.45, 7) is 3.37. The molecule has 0 bridgehead atoms. The number of piperidine rings is 1. The van der Waals surface area contributed by atoms with E-state index in [1.54, 1.807) is 12.1 Å². The largest absolute Gasteiger partial charge is 0.492 e. The quantitative estimate of drug-likeness (QED) is 0.488. The summed E-state index contributed by atoms with van der Waals surface area (Å²) in [5.41, 5.74) is 2.97. The second-order valence-corrected chi connectivity index (χ2v) is 8.37. The Labute approximate surface area is 194 Å². The molecular weight excluding hydrogens is 422 g/mol. The number of benzene rings is 3. The molecule has 2 N–H and O–H groups in total. The van der Waals surface area contributed by atoms with Crippen LogP contribution < -0.4 is 15.4 Å². The van der Waals surface area contributed by atoms with Crippen molar-refractivity contribution in [2.45, 2.75) is 18.9 Å². The second kappa shape index (κ2) is 11.0. The topological polar surface area (TPSA) is 53.6 Å². The molecule has 0 aromatic heterocycles. The first-order valence-corrected chi connectivity index (χ1v) is 11.4. The Kier molecular flexibility index (Phi) is 7.64. The highest BCUT2D eigenvalue weighted by Gasteiger charge is 2.20. The monoisotopic (exact) mass is 449 g/mol. The zero-order valence-corrected chi connectivity index (χ0v) is 18.7. The molecule has 3 aromatic rings. The van der Waals surface area contributed by atoms with Crippen molar-refractivity contribution in [2.75, 3.05) is 31.6 Å². The number of rotatable bonds is 7. The van der Waals surface area contributed by atoms with Crippen molar-refractivity contribution in [1.29, 1.82) is 0 Å². The molecule has 0 saturated carbocycles. The third-order valence-electron chi connectivity index (χ3n) is 5.64. The van der Waals surface area contributed by atoms with E-state index < -0.39 is 0 Å². The van der Waals surface area contributed by atoms with Crippen molar-refractivity contribution in [3.8, 4) is 16.9 Å². The smallest absolute Gasteiger partial charge is 0.319 e. The van der Waals surface area contributed by atoms with Crippen LogP contribution in [0.25, 0.3) is 11.1 Å². The van der Waals surface area contributed by atoms with Gasteiger partial charge in [0.2, 0.25) is 0 Å². The van der Waals surface area contributed by atoms with E-state index >= 15 is 0 Å². The molecule has 32 heavy (non-hydrogen) atoms. The number of hydrogen-bond donors (Lipinski definition) is 2. The zero-order chi connectivity index (χ0) is 22.2. The highest BCUT2D eigenvalue weighted by Crippen LogP contribution is 2.29. The van der Waals surface area contributed by atoms with E-state index in [1.165, 1.54) is 0 Å². The molecule has 0 radical (unpaired) electrons. The van der Waals surface area contributed by atoms with Crippen LogP contribution >= 0.6 is 11.6 Å². The summed E-state index contributed by atoms with van der Waals surface area (Å²) in [6.07, 6.45) is 1.84. The third kappa shape index (κ3) is 6.25. The number of nitrogens with one attached hydrogen (secondary N) is 2. The maximum absolute atomic E-state index is 12.3. The molecule has 166 valence electrons. The van der Waals surface area contributed by atoms with E-state index in [-0.39, 0.29) is 12.1 Å². The summed E-state index contributed by atoms with van der Waals surface area (Å²) in [6, 6.07) is 25.6. The van der Waals surface area contributed by atoms with Gasteiger partial charge in [0.05, 0.1) is 0 Å². The number of urea groups is 1. The highest BCUT2D eigenvalue weighted by atomic mass is 35.5. The number of ether oxygens (including phenoxy) is 1. The van der Waals surface area contributed by atoms with Crippen molar-refractivity contribution < 1.29 is 9.53 Å². The first-order valence-electron chi connectivity index (χ1n) is 11.0. The third-order valence-corrected chi connectivity index (χ3v) is 5.88.